The number of aromatic nitrogens is 2. The SMILES string of the molecule is COc1cc2c(cc1CC(C)C)-n1c(/C(C=N)=C/N)nc(C(=O)N(C)C(C)(C)C)c1CC2. The van der Waals surface area contributed by atoms with Gasteiger partial charge in [-0.15, -0.1) is 0 Å². The molecule has 1 aromatic carbocycles. The molecule has 0 atom stereocenters. The lowest BCUT2D eigenvalue weighted by molar-refractivity contribution is 0.0649. The summed E-state index contributed by atoms with van der Waals surface area (Å²) < 4.78 is 7.69. The highest BCUT2D eigenvalue weighted by Crippen LogP contribution is 2.36. The molecule has 2 aromatic rings. The van der Waals surface area contributed by atoms with Gasteiger partial charge in [0.25, 0.3) is 5.91 Å². The number of methoxy groups -OCH3 is 1. The van der Waals surface area contributed by atoms with Crippen LogP contribution >= 0.6 is 0 Å². The molecule has 0 radical (unpaired) electrons. The van der Waals surface area contributed by atoms with E-state index in [0.29, 0.717) is 29.4 Å². The molecule has 0 spiro atoms. The number of aryl methyl sites for hydroxylation is 1. The Morgan fingerprint density at radius 3 is 2.56 bits per heavy atom. The molecule has 32 heavy (non-hydrogen) atoms. The first-order valence-electron chi connectivity index (χ1n) is 11.1. The summed E-state index contributed by atoms with van der Waals surface area (Å²) in [7, 11) is 3.50. The number of amides is 1. The first-order chi connectivity index (χ1) is 15.0. The molecule has 1 amide bonds. The van der Waals surface area contributed by atoms with Gasteiger partial charge in [0.2, 0.25) is 0 Å². The summed E-state index contributed by atoms with van der Waals surface area (Å²) in [4.78, 5) is 19.9. The van der Waals surface area contributed by atoms with Crippen LogP contribution in [0.2, 0.25) is 0 Å². The molecule has 0 saturated carbocycles. The van der Waals surface area contributed by atoms with Crippen molar-refractivity contribution in [2.24, 2.45) is 11.7 Å². The molecule has 0 fully saturated rings. The molecule has 1 aromatic heterocycles. The lowest BCUT2D eigenvalue weighted by atomic mass is 9.94. The van der Waals surface area contributed by atoms with Crippen molar-refractivity contribution in [3.05, 3.63) is 46.7 Å². The van der Waals surface area contributed by atoms with Gasteiger partial charge in [0.1, 0.15) is 11.6 Å². The fourth-order valence-electron chi connectivity index (χ4n) is 4.06. The summed E-state index contributed by atoms with van der Waals surface area (Å²) in [6.45, 7) is 10.3. The fourth-order valence-corrected chi connectivity index (χ4v) is 4.06. The summed E-state index contributed by atoms with van der Waals surface area (Å²) in [5.41, 5.74) is 10.5. The molecule has 3 N–H and O–H groups in total. The molecule has 2 heterocycles. The number of nitrogens with one attached hydrogen (secondary N) is 1. The highest BCUT2D eigenvalue weighted by Gasteiger charge is 2.33. The highest BCUT2D eigenvalue weighted by molar-refractivity contribution is 6.07. The number of hydrogen-bond acceptors (Lipinski definition) is 5. The Bertz CT molecular complexity index is 1070. The van der Waals surface area contributed by atoms with E-state index >= 15 is 0 Å². The number of allylic oxidation sites excluding steroid dienone is 1. The predicted molar refractivity (Wildman–Crippen MR) is 129 cm³/mol. The Morgan fingerprint density at radius 1 is 1.34 bits per heavy atom. The standard InChI is InChI=1S/C25H35N5O2/c1-15(2)10-17-11-20-16(12-21(17)32-7)8-9-19-22(24(31)29(6)25(3,4)5)28-23(30(19)20)18(13-26)14-27/h11-15,26H,8-10,27H2,1-7H3/b18-14+,26-13?. The van der Waals surface area contributed by atoms with Crippen LogP contribution in [0.15, 0.2) is 18.3 Å². The summed E-state index contributed by atoms with van der Waals surface area (Å²) in [6.07, 6.45) is 4.88. The largest absolute Gasteiger partial charge is 0.496 e. The van der Waals surface area contributed by atoms with Crippen molar-refractivity contribution in [2.75, 3.05) is 14.2 Å². The van der Waals surface area contributed by atoms with E-state index in [1.54, 1.807) is 19.1 Å². The average Bonchev–Trinajstić information content (AvgIpc) is 3.12. The van der Waals surface area contributed by atoms with E-state index < -0.39 is 0 Å². The van der Waals surface area contributed by atoms with E-state index in [1.165, 1.54) is 12.4 Å². The van der Waals surface area contributed by atoms with Gasteiger partial charge in [-0.2, -0.15) is 0 Å². The van der Waals surface area contributed by atoms with Gasteiger partial charge in [-0.25, -0.2) is 4.98 Å². The number of fused-ring (bicyclic) bond motifs is 3. The number of nitrogens with two attached hydrogens (primary N) is 1. The van der Waals surface area contributed by atoms with Crippen LogP contribution in [0.25, 0.3) is 11.3 Å². The monoisotopic (exact) mass is 437 g/mol. The van der Waals surface area contributed by atoms with Crippen LogP contribution in [0.4, 0.5) is 0 Å². The molecular formula is C25H35N5O2. The van der Waals surface area contributed by atoms with Crippen LogP contribution in [-0.4, -0.2) is 46.3 Å². The van der Waals surface area contributed by atoms with Crippen LogP contribution in [-0.2, 0) is 19.3 Å². The molecule has 7 nitrogen and oxygen atoms in total. The van der Waals surface area contributed by atoms with Crippen molar-refractivity contribution in [2.45, 2.75) is 59.4 Å². The zero-order valence-corrected chi connectivity index (χ0v) is 20.2. The van der Waals surface area contributed by atoms with Crippen molar-refractivity contribution in [3.63, 3.8) is 0 Å². The summed E-state index contributed by atoms with van der Waals surface area (Å²) >= 11 is 0. The lowest BCUT2D eigenvalue weighted by Gasteiger charge is -2.32. The van der Waals surface area contributed by atoms with Gasteiger partial charge in [0.15, 0.2) is 5.69 Å². The highest BCUT2D eigenvalue weighted by atomic mass is 16.5. The van der Waals surface area contributed by atoms with Gasteiger partial charge in [-0.05, 0) is 69.2 Å². The number of benzene rings is 1. The van der Waals surface area contributed by atoms with Gasteiger partial charge in [-0.3, -0.25) is 9.36 Å². The zero-order chi connectivity index (χ0) is 23.8. The number of imidazole rings is 1. The molecule has 1 aliphatic rings. The van der Waals surface area contributed by atoms with Gasteiger partial charge >= 0.3 is 0 Å². The first-order valence-corrected chi connectivity index (χ1v) is 11.1. The Hall–Kier alpha value is -3.09. The molecule has 0 unspecified atom stereocenters. The summed E-state index contributed by atoms with van der Waals surface area (Å²) in [5.74, 6) is 1.73. The molecule has 7 heteroatoms. The fraction of sp³-hybridized carbons (Fsp3) is 0.480. The van der Waals surface area contributed by atoms with Crippen LogP contribution in [0.5, 0.6) is 5.75 Å². The number of rotatable bonds is 6. The number of ether oxygens (including phenoxy) is 1. The Morgan fingerprint density at radius 2 is 2.03 bits per heavy atom. The van der Waals surface area contributed by atoms with Crippen molar-refractivity contribution >= 4 is 17.7 Å². The summed E-state index contributed by atoms with van der Waals surface area (Å²) in [6, 6.07) is 4.24. The van der Waals surface area contributed by atoms with Crippen molar-refractivity contribution in [3.8, 4) is 11.4 Å². The molecular weight excluding hydrogens is 402 g/mol. The molecule has 0 saturated heterocycles. The second-order valence-electron chi connectivity index (χ2n) is 9.76. The lowest BCUT2D eigenvalue weighted by Crippen LogP contribution is -2.43. The minimum absolute atomic E-state index is 0.131. The molecule has 172 valence electrons. The minimum atomic E-state index is -0.341. The normalized spacial score (nSPS) is 13.6. The van der Waals surface area contributed by atoms with Crippen LogP contribution < -0.4 is 10.5 Å². The second-order valence-corrected chi connectivity index (χ2v) is 9.76. The minimum Gasteiger partial charge on any atom is -0.496 e. The Balaban J connectivity index is 2.29. The van der Waals surface area contributed by atoms with Gasteiger partial charge in [0.05, 0.1) is 24.1 Å². The second kappa shape index (κ2) is 8.81. The van der Waals surface area contributed by atoms with Crippen LogP contribution in [0.3, 0.4) is 0 Å². The third kappa shape index (κ3) is 4.16. The Kier molecular flexibility index (Phi) is 6.49. The molecule has 3 rings (SSSR count). The smallest absolute Gasteiger partial charge is 0.274 e. The maximum atomic E-state index is 13.4. The van der Waals surface area contributed by atoms with E-state index in [4.69, 9.17) is 20.9 Å². The van der Waals surface area contributed by atoms with E-state index in [-0.39, 0.29) is 11.4 Å². The van der Waals surface area contributed by atoms with Crippen molar-refractivity contribution < 1.29 is 9.53 Å². The predicted octanol–water partition coefficient (Wildman–Crippen LogP) is 4.00. The molecule has 0 bridgehead atoms. The van der Waals surface area contributed by atoms with Crippen LogP contribution in [0, 0.1) is 11.3 Å². The van der Waals surface area contributed by atoms with E-state index in [0.717, 1.165) is 41.1 Å². The van der Waals surface area contributed by atoms with Gasteiger partial charge in [0, 0.05) is 25.0 Å². The quantitative estimate of drug-likeness (QED) is 0.668. The van der Waals surface area contributed by atoms with Crippen LogP contribution in [0.1, 0.15) is 67.8 Å². The molecule has 1 aliphatic heterocycles. The number of carbonyl (C=O) groups excluding carboxylic acids is 1. The third-order valence-corrected chi connectivity index (χ3v) is 6.06. The Labute approximate surface area is 190 Å². The molecule has 0 aliphatic carbocycles. The van der Waals surface area contributed by atoms with Crippen molar-refractivity contribution in [1.82, 2.24) is 14.5 Å². The number of hydrogen-bond donors (Lipinski definition) is 2. The van der Waals surface area contributed by atoms with Crippen molar-refractivity contribution in [1.29, 1.82) is 5.41 Å². The van der Waals surface area contributed by atoms with Gasteiger partial charge < -0.3 is 20.8 Å². The first kappa shape index (κ1) is 23.6. The maximum Gasteiger partial charge on any atom is 0.274 e. The van der Waals surface area contributed by atoms with E-state index in [9.17, 15) is 4.79 Å². The number of carbonyl (C=O) groups is 1. The average molecular weight is 438 g/mol. The topological polar surface area (TPSA) is 97.2 Å². The van der Waals surface area contributed by atoms with E-state index in [2.05, 4.69) is 26.0 Å². The third-order valence-electron chi connectivity index (χ3n) is 6.06. The zero-order valence-electron chi connectivity index (χ0n) is 20.2. The van der Waals surface area contributed by atoms with E-state index in [1.807, 2.05) is 25.3 Å². The summed E-state index contributed by atoms with van der Waals surface area (Å²) in [5, 5.41) is 7.86. The maximum absolute atomic E-state index is 13.4. The van der Waals surface area contributed by atoms with Gasteiger partial charge in [-0.1, -0.05) is 13.8 Å². The number of nitrogens with zero attached hydrogens (tertiary/aromatic N) is 3.